The van der Waals surface area contributed by atoms with Crippen molar-refractivity contribution in [1.29, 1.82) is 5.26 Å². The van der Waals surface area contributed by atoms with Crippen molar-refractivity contribution >= 4 is 17.4 Å². The van der Waals surface area contributed by atoms with Crippen molar-refractivity contribution in [2.24, 2.45) is 5.73 Å². The van der Waals surface area contributed by atoms with Gasteiger partial charge in [0.2, 0.25) is 5.91 Å². The van der Waals surface area contributed by atoms with Crippen molar-refractivity contribution in [2.75, 3.05) is 5.32 Å². The standard InChI is InChI=1S/C12H9N5O/c13-7-10-12(16-6-5-15-10)17-9-3-1-8(2-4-9)11(14)18/h1-6H,(H2,14,18)(H,16,17). The fourth-order valence-corrected chi connectivity index (χ4v) is 1.37. The number of nitriles is 1. The summed E-state index contributed by atoms with van der Waals surface area (Å²) in [5.41, 5.74) is 6.45. The number of anilines is 2. The lowest BCUT2D eigenvalue weighted by Crippen LogP contribution is -2.10. The van der Waals surface area contributed by atoms with E-state index in [0.717, 1.165) is 0 Å². The number of aromatic nitrogens is 2. The molecule has 0 aliphatic rings. The Morgan fingerprint density at radius 1 is 1.22 bits per heavy atom. The van der Waals surface area contributed by atoms with E-state index in [1.807, 2.05) is 6.07 Å². The van der Waals surface area contributed by atoms with Gasteiger partial charge in [0.25, 0.3) is 0 Å². The monoisotopic (exact) mass is 239 g/mol. The van der Waals surface area contributed by atoms with E-state index in [4.69, 9.17) is 11.0 Å². The molecular weight excluding hydrogens is 230 g/mol. The molecule has 6 heteroatoms. The Balaban J connectivity index is 2.24. The molecule has 1 aromatic carbocycles. The summed E-state index contributed by atoms with van der Waals surface area (Å²) in [6, 6.07) is 8.47. The van der Waals surface area contributed by atoms with E-state index in [9.17, 15) is 4.79 Å². The summed E-state index contributed by atoms with van der Waals surface area (Å²) in [6.45, 7) is 0. The number of carbonyl (C=O) groups excluding carboxylic acids is 1. The number of carbonyl (C=O) groups is 1. The molecule has 0 aliphatic heterocycles. The summed E-state index contributed by atoms with van der Waals surface area (Å²) < 4.78 is 0. The van der Waals surface area contributed by atoms with Gasteiger partial charge >= 0.3 is 0 Å². The molecule has 0 atom stereocenters. The highest BCUT2D eigenvalue weighted by Crippen LogP contribution is 2.16. The maximum Gasteiger partial charge on any atom is 0.248 e. The summed E-state index contributed by atoms with van der Waals surface area (Å²) >= 11 is 0. The lowest BCUT2D eigenvalue weighted by atomic mass is 10.2. The predicted molar refractivity (Wildman–Crippen MR) is 65.0 cm³/mol. The molecule has 88 valence electrons. The van der Waals surface area contributed by atoms with Crippen molar-refractivity contribution in [3.05, 3.63) is 47.9 Å². The van der Waals surface area contributed by atoms with Crippen molar-refractivity contribution in [1.82, 2.24) is 9.97 Å². The molecule has 18 heavy (non-hydrogen) atoms. The van der Waals surface area contributed by atoms with Gasteiger partial charge in [-0.25, -0.2) is 9.97 Å². The van der Waals surface area contributed by atoms with Gasteiger partial charge < -0.3 is 11.1 Å². The number of nitrogens with two attached hydrogens (primary N) is 1. The van der Waals surface area contributed by atoms with Crippen LogP contribution in [0.1, 0.15) is 16.1 Å². The molecule has 2 aromatic rings. The average Bonchev–Trinajstić information content (AvgIpc) is 2.40. The van der Waals surface area contributed by atoms with Crippen LogP contribution >= 0.6 is 0 Å². The second-order valence-electron chi connectivity index (χ2n) is 3.43. The van der Waals surface area contributed by atoms with E-state index in [2.05, 4.69) is 15.3 Å². The molecule has 0 spiro atoms. The molecule has 1 heterocycles. The van der Waals surface area contributed by atoms with Gasteiger partial charge in [0, 0.05) is 23.6 Å². The van der Waals surface area contributed by atoms with Crippen LogP contribution in [0.5, 0.6) is 0 Å². The molecule has 6 nitrogen and oxygen atoms in total. The van der Waals surface area contributed by atoms with Crippen LogP contribution in [0.3, 0.4) is 0 Å². The number of nitrogens with zero attached hydrogens (tertiary/aromatic N) is 3. The third kappa shape index (κ3) is 2.41. The second kappa shape index (κ2) is 4.93. The van der Waals surface area contributed by atoms with Crippen LogP contribution in [0.15, 0.2) is 36.7 Å². The SMILES string of the molecule is N#Cc1nccnc1Nc1ccc(C(N)=O)cc1. The van der Waals surface area contributed by atoms with E-state index in [1.165, 1.54) is 12.4 Å². The van der Waals surface area contributed by atoms with Crippen LogP contribution < -0.4 is 11.1 Å². The smallest absolute Gasteiger partial charge is 0.248 e. The van der Waals surface area contributed by atoms with E-state index in [0.29, 0.717) is 17.1 Å². The van der Waals surface area contributed by atoms with Crippen LogP contribution in [0.2, 0.25) is 0 Å². The van der Waals surface area contributed by atoms with Crippen molar-refractivity contribution in [3.63, 3.8) is 0 Å². The normalized spacial score (nSPS) is 9.50. The van der Waals surface area contributed by atoms with Gasteiger partial charge in [-0.2, -0.15) is 5.26 Å². The van der Waals surface area contributed by atoms with Gasteiger partial charge in [-0.1, -0.05) is 0 Å². The molecular formula is C12H9N5O. The maximum atomic E-state index is 10.9. The fraction of sp³-hybridized carbons (Fsp3) is 0. The minimum atomic E-state index is -0.487. The van der Waals surface area contributed by atoms with Crippen LogP contribution in [0.25, 0.3) is 0 Å². The highest BCUT2D eigenvalue weighted by Gasteiger charge is 2.05. The summed E-state index contributed by atoms with van der Waals surface area (Å²) in [5.74, 6) is -0.120. The van der Waals surface area contributed by atoms with Gasteiger partial charge in [-0.05, 0) is 24.3 Å². The molecule has 1 aromatic heterocycles. The largest absolute Gasteiger partial charge is 0.366 e. The Morgan fingerprint density at radius 3 is 2.50 bits per heavy atom. The molecule has 0 unspecified atom stereocenters. The van der Waals surface area contributed by atoms with E-state index in [1.54, 1.807) is 24.3 Å². The summed E-state index contributed by atoms with van der Waals surface area (Å²) in [7, 11) is 0. The molecule has 0 radical (unpaired) electrons. The lowest BCUT2D eigenvalue weighted by Gasteiger charge is -2.06. The maximum absolute atomic E-state index is 10.9. The lowest BCUT2D eigenvalue weighted by molar-refractivity contribution is 0.100. The molecule has 3 N–H and O–H groups in total. The summed E-state index contributed by atoms with van der Waals surface area (Å²) in [6.07, 6.45) is 2.93. The minimum absolute atomic E-state index is 0.205. The molecule has 0 saturated heterocycles. The highest BCUT2D eigenvalue weighted by molar-refractivity contribution is 5.93. The number of benzene rings is 1. The van der Waals surface area contributed by atoms with Gasteiger partial charge in [-0.3, -0.25) is 4.79 Å². The van der Waals surface area contributed by atoms with Crippen LogP contribution in [-0.2, 0) is 0 Å². The third-order valence-corrected chi connectivity index (χ3v) is 2.24. The minimum Gasteiger partial charge on any atom is -0.366 e. The first-order valence-electron chi connectivity index (χ1n) is 5.08. The van der Waals surface area contributed by atoms with Crippen LogP contribution in [-0.4, -0.2) is 15.9 Å². The molecule has 1 amide bonds. The molecule has 0 bridgehead atoms. The topological polar surface area (TPSA) is 105 Å². The fourth-order valence-electron chi connectivity index (χ4n) is 1.37. The molecule has 0 saturated carbocycles. The quantitative estimate of drug-likeness (QED) is 0.837. The Labute approximate surface area is 103 Å². The average molecular weight is 239 g/mol. The Kier molecular flexibility index (Phi) is 3.16. The van der Waals surface area contributed by atoms with Gasteiger partial charge in [-0.15, -0.1) is 0 Å². The highest BCUT2D eigenvalue weighted by atomic mass is 16.1. The van der Waals surface area contributed by atoms with Crippen molar-refractivity contribution in [3.8, 4) is 6.07 Å². The zero-order valence-corrected chi connectivity index (χ0v) is 9.29. The van der Waals surface area contributed by atoms with E-state index in [-0.39, 0.29) is 5.69 Å². The number of hydrogen-bond donors (Lipinski definition) is 2. The Morgan fingerprint density at radius 2 is 1.89 bits per heavy atom. The van der Waals surface area contributed by atoms with Gasteiger partial charge in [0.1, 0.15) is 6.07 Å². The van der Waals surface area contributed by atoms with E-state index < -0.39 is 5.91 Å². The molecule has 0 aliphatic carbocycles. The third-order valence-electron chi connectivity index (χ3n) is 2.24. The van der Waals surface area contributed by atoms with E-state index >= 15 is 0 Å². The van der Waals surface area contributed by atoms with Gasteiger partial charge in [0.15, 0.2) is 11.5 Å². The molecule has 2 rings (SSSR count). The van der Waals surface area contributed by atoms with Crippen LogP contribution in [0.4, 0.5) is 11.5 Å². The number of primary amides is 1. The predicted octanol–water partition coefficient (Wildman–Crippen LogP) is 1.19. The van der Waals surface area contributed by atoms with Gasteiger partial charge in [0.05, 0.1) is 0 Å². The number of amides is 1. The Bertz CT molecular complexity index is 615. The number of nitrogens with one attached hydrogen (secondary N) is 1. The second-order valence-corrected chi connectivity index (χ2v) is 3.43. The number of rotatable bonds is 3. The summed E-state index contributed by atoms with van der Waals surface area (Å²) in [4.78, 5) is 18.8. The number of hydrogen-bond acceptors (Lipinski definition) is 5. The van der Waals surface area contributed by atoms with Crippen molar-refractivity contribution in [2.45, 2.75) is 0 Å². The zero-order valence-electron chi connectivity index (χ0n) is 9.29. The van der Waals surface area contributed by atoms with Crippen molar-refractivity contribution < 1.29 is 4.79 Å². The first-order chi connectivity index (χ1) is 8.70. The first-order valence-corrected chi connectivity index (χ1v) is 5.08. The molecule has 0 fully saturated rings. The first kappa shape index (κ1) is 11.5. The zero-order chi connectivity index (χ0) is 13.0. The Hall–Kier alpha value is -2.94. The van der Waals surface area contributed by atoms with Crippen LogP contribution in [0, 0.1) is 11.3 Å². The summed E-state index contributed by atoms with van der Waals surface area (Å²) in [5, 5.41) is 11.8.